The van der Waals surface area contributed by atoms with Crippen molar-refractivity contribution >= 4 is 23.2 Å². The van der Waals surface area contributed by atoms with Crippen LogP contribution < -0.4 is 10.1 Å². The lowest BCUT2D eigenvalue weighted by Crippen LogP contribution is -2.45. The van der Waals surface area contributed by atoms with Gasteiger partial charge in [0.1, 0.15) is 11.5 Å². The van der Waals surface area contributed by atoms with Crippen LogP contribution in [0, 0.1) is 0 Å². The molecule has 0 aromatic heterocycles. The lowest BCUT2D eigenvalue weighted by Gasteiger charge is -2.36. The van der Waals surface area contributed by atoms with Gasteiger partial charge >= 0.3 is 6.36 Å². The van der Waals surface area contributed by atoms with Crippen molar-refractivity contribution in [3.63, 3.8) is 0 Å². The Hall–Kier alpha value is -1.67. The van der Waals surface area contributed by atoms with Gasteiger partial charge in [-0.1, -0.05) is 35.3 Å². The van der Waals surface area contributed by atoms with E-state index in [1.807, 2.05) is 0 Å². The summed E-state index contributed by atoms with van der Waals surface area (Å²) in [5, 5.41) is 14.2. The van der Waals surface area contributed by atoms with Crippen LogP contribution >= 0.6 is 23.2 Å². The van der Waals surface area contributed by atoms with E-state index in [0.717, 1.165) is 13.1 Å². The van der Waals surface area contributed by atoms with Gasteiger partial charge in [-0.2, -0.15) is 0 Å². The van der Waals surface area contributed by atoms with Gasteiger partial charge in [0.05, 0.1) is 11.1 Å². The number of piperazine rings is 1. The zero-order valence-corrected chi connectivity index (χ0v) is 15.6. The van der Waals surface area contributed by atoms with Crippen molar-refractivity contribution in [1.29, 1.82) is 0 Å². The van der Waals surface area contributed by atoms with Gasteiger partial charge in [-0.3, -0.25) is 4.90 Å². The van der Waals surface area contributed by atoms with Crippen LogP contribution in [0.15, 0.2) is 36.4 Å². The molecule has 0 radical (unpaired) electrons. The number of ether oxygens (including phenoxy) is 1. The number of benzene rings is 2. The van der Waals surface area contributed by atoms with Crippen LogP contribution in [0.25, 0.3) is 0 Å². The number of nitrogens with zero attached hydrogens (tertiary/aromatic N) is 1. The molecule has 1 fully saturated rings. The third kappa shape index (κ3) is 4.99. The number of alkyl halides is 3. The van der Waals surface area contributed by atoms with Gasteiger partial charge in [0.25, 0.3) is 0 Å². The molecule has 2 aromatic rings. The maximum Gasteiger partial charge on any atom is 0.573 e. The van der Waals surface area contributed by atoms with Crippen molar-refractivity contribution in [2.75, 3.05) is 26.2 Å². The number of hydrogen-bond acceptors (Lipinski definition) is 4. The quantitative estimate of drug-likeness (QED) is 0.758. The first kappa shape index (κ1) is 20.1. The molecule has 4 nitrogen and oxygen atoms in total. The average molecular weight is 421 g/mol. The maximum atomic E-state index is 12.4. The van der Waals surface area contributed by atoms with Crippen LogP contribution in [-0.4, -0.2) is 42.5 Å². The number of halogens is 5. The summed E-state index contributed by atoms with van der Waals surface area (Å²) in [6, 6.07) is 8.24. The molecule has 2 aromatic carbocycles. The van der Waals surface area contributed by atoms with Crippen LogP contribution in [0.3, 0.4) is 0 Å². The molecule has 9 heteroatoms. The number of aromatic hydroxyl groups is 1. The molecule has 0 amide bonds. The zero-order valence-electron chi connectivity index (χ0n) is 14.1. The third-order valence-electron chi connectivity index (χ3n) is 4.30. The topological polar surface area (TPSA) is 44.7 Å². The van der Waals surface area contributed by atoms with Crippen LogP contribution in [-0.2, 0) is 0 Å². The first-order chi connectivity index (χ1) is 12.7. The molecule has 0 saturated carbocycles. The van der Waals surface area contributed by atoms with E-state index in [1.54, 1.807) is 18.2 Å². The SMILES string of the molecule is Oc1c(Cl)cc(Cl)cc1[C@@H](c1ccc(OC(F)(F)F)cc1)N1CCNCC1. The molecule has 0 spiro atoms. The Morgan fingerprint density at radius 3 is 2.30 bits per heavy atom. The number of nitrogens with one attached hydrogen (secondary N) is 1. The van der Waals surface area contributed by atoms with Gasteiger partial charge in [-0.15, -0.1) is 13.2 Å². The highest BCUT2D eigenvalue weighted by Crippen LogP contribution is 2.40. The van der Waals surface area contributed by atoms with Gasteiger partial charge in [0.15, 0.2) is 0 Å². The number of phenols is 1. The summed E-state index contributed by atoms with van der Waals surface area (Å²) in [5.74, 6) is -0.404. The van der Waals surface area contributed by atoms with E-state index < -0.39 is 12.4 Å². The molecule has 2 N–H and O–H groups in total. The number of phenolic OH excluding ortho intramolecular Hbond substituents is 1. The molecule has 1 heterocycles. The first-order valence-corrected chi connectivity index (χ1v) is 8.98. The summed E-state index contributed by atoms with van der Waals surface area (Å²) < 4.78 is 41.1. The molecule has 3 rings (SSSR count). The summed E-state index contributed by atoms with van der Waals surface area (Å²) in [5.41, 5.74) is 1.19. The van der Waals surface area contributed by atoms with Crippen molar-refractivity contribution < 1.29 is 23.0 Å². The van der Waals surface area contributed by atoms with Crippen LogP contribution in [0.4, 0.5) is 13.2 Å². The van der Waals surface area contributed by atoms with Crippen LogP contribution in [0.2, 0.25) is 10.0 Å². The Morgan fingerprint density at radius 2 is 1.70 bits per heavy atom. The Labute approximate surface area is 164 Å². The molecule has 27 heavy (non-hydrogen) atoms. The van der Waals surface area contributed by atoms with Crippen LogP contribution in [0.1, 0.15) is 17.2 Å². The van der Waals surface area contributed by atoms with Gasteiger partial charge in [-0.05, 0) is 29.8 Å². The fourth-order valence-corrected chi connectivity index (χ4v) is 3.68. The summed E-state index contributed by atoms with van der Waals surface area (Å²) >= 11 is 12.2. The molecule has 1 atom stereocenters. The standard InChI is InChI=1S/C18H17Cl2F3N2O2/c19-12-9-14(17(26)15(20)10-12)16(25-7-5-24-6-8-25)11-1-3-13(4-2-11)27-18(21,22)23/h1-4,9-10,16,24,26H,5-8H2/t16-/m1/s1. The summed E-state index contributed by atoms with van der Waals surface area (Å²) in [4.78, 5) is 2.11. The summed E-state index contributed by atoms with van der Waals surface area (Å²) in [7, 11) is 0. The minimum atomic E-state index is -4.75. The fraction of sp³-hybridized carbons (Fsp3) is 0.333. The highest BCUT2D eigenvalue weighted by atomic mass is 35.5. The van der Waals surface area contributed by atoms with E-state index in [-0.39, 0.29) is 16.5 Å². The van der Waals surface area contributed by atoms with Gasteiger partial charge in [0, 0.05) is 36.8 Å². The molecular weight excluding hydrogens is 404 g/mol. The molecule has 0 unspecified atom stereocenters. The predicted octanol–water partition coefficient (Wildman–Crippen LogP) is 4.59. The molecule has 0 aliphatic carbocycles. The fourth-order valence-electron chi connectivity index (χ4n) is 3.17. The molecular formula is C18H17Cl2F3N2O2. The lowest BCUT2D eigenvalue weighted by atomic mass is 9.95. The second kappa shape index (κ2) is 8.14. The Morgan fingerprint density at radius 1 is 1.07 bits per heavy atom. The number of hydrogen-bond donors (Lipinski definition) is 2. The van der Waals surface area contributed by atoms with Crippen molar-refractivity contribution in [2.45, 2.75) is 12.4 Å². The van der Waals surface area contributed by atoms with Crippen molar-refractivity contribution in [2.24, 2.45) is 0 Å². The van der Waals surface area contributed by atoms with E-state index in [9.17, 15) is 18.3 Å². The Bertz CT molecular complexity index is 794. The zero-order chi connectivity index (χ0) is 19.6. The van der Waals surface area contributed by atoms with Crippen molar-refractivity contribution in [1.82, 2.24) is 10.2 Å². The highest BCUT2D eigenvalue weighted by molar-refractivity contribution is 6.35. The summed E-state index contributed by atoms with van der Waals surface area (Å²) in [6.45, 7) is 2.88. The molecule has 1 saturated heterocycles. The highest BCUT2D eigenvalue weighted by Gasteiger charge is 2.32. The maximum absolute atomic E-state index is 12.4. The van der Waals surface area contributed by atoms with Crippen LogP contribution in [0.5, 0.6) is 11.5 Å². The minimum absolute atomic E-state index is 0.0970. The number of rotatable bonds is 4. The lowest BCUT2D eigenvalue weighted by molar-refractivity contribution is -0.274. The van der Waals surface area contributed by atoms with Gasteiger partial charge in [-0.25, -0.2) is 0 Å². The molecule has 0 bridgehead atoms. The van der Waals surface area contributed by atoms with Crippen molar-refractivity contribution in [3.05, 3.63) is 57.6 Å². The van der Waals surface area contributed by atoms with E-state index in [1.165, 1.54) is 18.2 Å². The van der Waals surface area contributed by atoms with E-state index in [2.05, 4.69) is 15.0 Å². The molecule has 146 valence electrons. The largest absolute Gasteiger partial charge is 0.573 e. The van der Waals surface area contributed by atoms with E-state index in [4.69, 9.17) is 23.2 Å². The third-order valence-corrected chi connectivity index (χ3v) is 4.80. The molecule has 1 aliphatic heterocycles. The van der Waals surface area contributed by atoms with Gasteiger partial charge in [0.2, 0.25) is 0 Å². The first-order valence-electron chi connectivity index (χ1n) is 8.23. The smallest absolute Gasteiger partial charge is 0.506 e. The minimum Gasteiger partial charge on any atom is -0.506 e. The van der Waals surface area contributed by atoms with Crippen molar-refractivity contribution in [3.8, 4) is 11.5 Å². The molecule has 1 aliphatic rings. The van der Waals surface area contributed by atoms with E-state index >= 15 is 0 Å². The normalized spacial score (nSPS) is 16.9. The summed E-state index contributed by atoms with van der Waals surface area (Å²) in [6.07, 6.45) is -4.75. The Kier molecular flexibility index (Phi) is 6.05. The van der Waals surface area contributed by atoms with Gasteiger partial charge < -0.3 is 15.2 Å². The second-order valence-corrected chi connectivity index (χ2v) is 6.97. The monoisotopic (exact) mass is 420 g/mol. The predicted molar refractivity (Wildman–Crippen MR) is 97.5 cm³/mol. The van der Waals surface area contributed by atoms with E-state index in [0.29, 0.717) is 29.2 Å². The Balaban J connectivity index is 2.00. The average Bonchev–Trinajstić information content (AvgIpc) is 2.60. The second-order valence-electron chi connectivity index (χ2n) is 6.13.